The quantitative estimate of drug-likeness (QED) is 0.473. The van der Waals surface area contributed by atoms with Crippen molar-refractivity contribution in [3.8, 4) is 0 Å². The second kappa shape index (κ2) is 7.28. The number of anilines is 1. The van der Waals surface area contributed by atoms with Gasteiger partial charge in [0.2, 0.25) is 0 Å². The number of aryl methyl sites for hydroxylation is 1. The predicted molar refractivity (Wildman–Crippen MR) is 108 cm³/mol. The minimum absolute atomic E-state index is 0.128. The van der Waals surface area contributed by atoms with Crippen molar-refractivity contribution in [1.82, 2.24) is 0 Å². The van der Waals surface area contributed by atoms with E-state index in [9.17, 15) is 4.79 Å². The highest BCUT2D eigenvalue weighted by Crippen LogP contribution is 2.38. The first-order valence-corrected chi connectivity index (χ1v) is 9.30. The van der Waals surface area contributed by atoms with Crippen molar-refractivity contribution < 1.29 is 4.79 Å². The third kappa shape index (κ3) is 3.38. The molecule has 0 saturated carbocycles. The van der Waals surface area contributed by atoms with E-state index in [-0.39, 0.29) is 5.91 Å². The lowest BCUT2D eigenvalue weighted by molar-refractivity contribution is -0.113. The summed E-state index contributed by atoms with van der Waals surface area (Å²) in [6.07, 6.45) is 2.59. The molecule has 0 N–H and O–H groups in total. The van der Waals surface area contributed by atoms with Gasteiger partial charge in [0, 0.05) is 10.0 Å². The van der Waals surface area contributed by atoms with Crippen molar-refractivity contribution >= 4 is 69.2 Å². The fourth-order valence-corrected chi connectivity index (χ4v) is 4.20. The van der Waals surface area contributed by atoms with Crippen molar-refractivity contribution in [2.45, 2.75) is 13.3 Å². The fraction of sp³-hybridized carbons (Fsp3) is 0.111. The van der Waals surface area contributed by atoms with E-state index in [1.54, 1.807) is 29.2 Å². The Labute approximate surface area is 160 Å². The number of hydrogen-bond acceptors (Lipinski definition) is 3. The van der Waals surface area contributed by atoms with Crippen LogP contribution in [-0.4, -0.2) is 10.2 Å². The zero-order valence-corrected chi connectivity index (χ0v) is 15.9. The van der Waals surface area contributed by atoms with Crippen molar-refractivity contribution in [3.05, 3.63) is 68.5 Å². The van der Waals surface area contributed by atoms with Gasteiger partial charge in [0.25, 0.3) is 5.91 Å². The van der Waals surface area contributed by atoms with Gasteiger partial charge in [0.15, 0.2) is 4.32 Å². The summed E-state index contributed by atoms with van der Waals surface area (Å²) in [7, 11) is 0. The molecule has 1 aliphatic rings. The summed E-state index contributed by atoms with van der Waals surface area (Å²) in [5.74, 6) is -0.128. The molecule has 0 radical (unpaired) electrons. The number of halogens is 2. The standard InChI is InChI=1S/C18H13Cl2NOS2/c1-2-11-5-3-4-6-15(11)21-17(22)16(24-18(21)23)9-12-7-8-13(19)10-14(12)20/h3-10H,2H2,1H3/b16-9-. The molecule has 122 valence electrons. The van der Waals surface area contributed by atoms with Gasteiger partial charge in [-0.15, -0.1) is 0 Å². The van der Waals surface area contributed by atoms with Crippen LogP contribution in [0.2, 0.25) is 10.0 Å². The molecular weight excluding hydrogens is 381 g/mol. The molecule has 0 atom stereocenters. The molecule has 1 amide bonds. The van der Waals surface area contributed by atoms with E-state index in [1.807, 2.05) is 24.3 Å². The topological polar surface area (TPSA) is 20.3 Å². The van der Waals surface area contributed by atoms with Crippen molar-refractivity contribution in [2.75, 3.05) is 4.90 Å². The van der Waals surface area contributed by atoms with Crippen LogP contribution in [-0.2, 0) is 11.2 Å². The first-order valence-electron chi connectivity index (χ1n) is 7.32. The number of rotatable bonds is 3. The molecule has 0 aliphatic carbocycles. The highest BCUT2D eigenvalue weighted by atomic mass is 35.5. The van der Waals surface area contributed by atoms with Crippen LogP contribution in [0.1, 0.15) is 18.1 Å². The summed E-state index contributed by atoms with van der Waals surface area (Å²) in [6, 6.07) is 13.0. The lowest BCUT2D eigenvalue weighted by Crippen LogP contribution is -2.28. The normalized spacial score (nSPS) is 16.3. The molecule has 1 saturated heterocycles. The molecule has 0 spiro atoms. The van der Waals surface area contributed by atoms with Crippen molar-refractivity contribution in [2.24, 2.45) is 0 Å². The number of amides is 1. The Kier molecular flexibility index (Phi) is 5.30. The Morgan fingerprint density at radius 3 is 2.67 bits per heavy atom. The third-order valence-electron chi connectivity index (χ3n) is 3.66. The molecule has 0 bridgehead atoms. The first-order chi connectivity index (χ1) is 11.5. The molecule has 0 unspecified atom stereocenters. The molecule has 6 heteroatoms. The molecule has 2 aromatic carbocycles. The average Bonchev–Trinajstić information content (AvgIpc) is 2.84. The molecule has 0 aromatic heterocycles. The van der Waals surface area contributed by atoms with Gasteiger partial charge in [-0.05, 0) is 41.8 Å². The zero-order valence-electron chi connectivity index (χ0n) is 12.8. The van der Waals surface area contributed by atoms with Crippen LogP contribution in [0, 0.1) is 0 Å². The van der Waals surface area contributed by atoms with Gasteiger partial charge in [0.05, 0.1) is 10.6 Å². The maximum Gasteiger partial charge on any atom is 0.270 e. The monoisotopic (exact) mass is 393 g/mol. The number of thiocarbonyl (C=S) groups is 1. The minimum atomic E-state index is -0.128. The van der Waals surface area contributed by atoms with Crippen LogP contribution in [0.15, 0.2) is 47.4 Å². The third-order valence-corrected chi connectivity index (χ3v) is 5.52. The molecule has 1 heterocycles. The van der Waals surface area contributed by atoms with Crippen molar-refractivity contribution in [1.29, 1.82) is 0 Å². The lowest BCUT2D eigenvalue weighted by Gasteiger charge is -2.18. The summed E-state index contributed by atoms with van der Waals surface area (Å²) >= 11 is 18.8. The minimum Gasteiger partial charge on any atom is -0.268 e. The Bertz CT molecular complexity index is 864. The number of para-hydroxylation sites is 1. The van der Waals surface area contributed by atoms with Gasteiger partial charge in [-0.2, -0.15) is 0 Å². The Morgan fingerprint density at radius 2 is 1.96 bits per heavy atom. The number of carbonyl (C=O) groups excluding carboxylic acids is 1. The molecule has 1 fully saturated rings. The van der Waals surface area contributed by atoms with Gasteiger partial charge in [0.1, 0.15) is 0 Å². The van der Waals surface area contributed by atoms with E-state index in [0.29, 0.717) is 19.3 Å². The Balaban J connectivity index is 1.99. The van der Waals surface area contributed by atoms with E-state index < -0.39 is 0 Å². The number of thioether (sulfide) groups is 1. The summed E-state index contributed by atoms with van der Waals surface area (Å²) in [5.41, 5.74) is 2.66. The van der Waals surface area contributed by atoms with Crippen molar-refractivity contribution in [3.63, 3.8) is 0 Å². The Morgan fingerprint density at radius 1 is 1.21 bits per heavy atom. The summed E-state index contributed by atoms with van der Waals surface area (Å²) < 4.78 is 0.525. The average molecular weight is 394 g/mol. The maximum absolute atomic E-state index is 12.8. The second-order valence-corrected chi connectivity index (χ2v) is 7.68. The number of nitrogens with zero attached hydrogens (tertiary/aromatic N) is 1. The highest BCUT2D eigenvalue weighted by Gasteiger charge is 2.34. The van der Waals surface area contributed by atoms with Crippen LogP contribution in [0.5, 0.6) is 0 Å². The summed E-state index contributed by atoms with van der Waals surface area (Å²) in [5, 5.41) is 1.06. The molecule has 2 nitrogen and oxygen atoms in total. The van der Waals surface area contributed by atoms with Crippen LogP contribution < -0.4 is 4.90 Å². The SMILES string of the molecule is CCc1ccccc1N1C(=O)/C(=C/c2ccc(Cl)cc2Cl)SC1=S. The molecule has 3 rings (SSSR count). The highest BCUT2D eigenvalue weighted by molar-refractivity contribution is 8.27. The molecular formula is C18H13Cl2NOS2. The lowest BCUT2D eigenvalue weighted by atomic mass is 10.1. The van der Waals surface area contributed by atoms with Gasteiger partial charge >= 0.3 is 0 Å². The summed E-state index contributed by atoms with van der Waals surface area (Å²) in [6.45, 7) is 2.06. The van der Waals surface area contributed by atoms with E-state index in [4.69, 9.17) is 35.4 Å². The Hall–Kier alpha value is -1.33. The second-order valence-electron chi connectivity index (χ2n) is 5.17. The van der Waals surface area contributed by atoms with E-state index in [2.05, 4.69) is 6.92 Å². The largest absolute Gasteiger partial charge is 0.270 e. The van der Waals surface area contributed by atoms with E-state index in [0.717, 1.165) is 23.2 Å². The predicted octanol–water partition coefficient (Wildman–Crippen LogP) is 5.96. The first kappa shape index (κ1) is 17.5. The fourth-order valence-electron chi connectivity index (χ4n) is 2.46. The zero-order chi connectivity index (χ0) is 17.3. The van der Waals surface area contributed by atoms with Crippen LogP contribution in [0.25, 0.3) is 6.08 Å². The van der Waals surface area contributed by atoms with Gasteiger partial charge in [-0.3, -0.25) is 9.69 Å². The maximum atomic E-state index is 12.8. The number of carbonyl (C=O) groups is 1. The van der Waals surface area contributed by atoms with E-state index >= 15 is 0 Å². The van der Waals surface area contributed by atoms with Crippen LogP contribution in [0.3, 0.4) is 0 Å². The smallest absolute Gasteiger partial charge is 0.268 e. The van der Waals surface area contributed by atoms with Crippen LogP contribution in [0.4, 0.5) is 5.69 Å². The molecule has 2 aromatic rings. The van der Waals surface area contributed by atoms with Gasteiger partial charge in [-0.1, -0.05) is 78.4 Å². The number of benzene rings is 2. The van der Waals surface area contributed by atoms with Gasteiger partial charge < -0.3 is 0 Å². The van der Waals surface area contributed by atoms with Gasteiger partial charge in [-0.25, -0.2) is 0 Å². The van der Waals surface area contributed by atoms with Crippen LogP contribution >= 0.6 is 47.2 Å². The number of hydrogen-bond donors (Lipinski definition) is 0. The molecule has 1 aliphatic heterocycles. The van der Waals surface area contributed by atoms with E-state index in [1.165, 1.54) is 11.8 Å². The molecule has 24 heavy (non-hydrogen) atoms. The summed E-state index contributed by atoms with van der Waals surface area (Å²) in [4.78, 5) is 15.0.